The van der Waals surface area contributed by atoms with E-state index in [2.05, 4.69) is 10.1 Å². The molecule has 1 aromatic carbocycles. The summed E-state index contributed by atoms with van der Waals surface area (Å²) >= 11 is 1.56. The van der Waals surface area contributed by atoms with E-state index < -0.39 is 0 Å². The smallest absolute Gasteiger partial charge is 0.276 e. The second kappa shape index (κ2) is 6.24. The van der Waals surface area contributed by atoms with Crippen LogP contribution in [0.4, 0.5) is 0 Å². The van der Waals surface area contributed by atoms with Gasteiger partial charge in [-0.2, -0.15) is 0 Å². The van der Waals surface area contributed by atoms with E-state index in [1.54, 1.807) is 29.2 Å². The number of likely N-dealkylation sites (tertiary alicyclic amines) is 1. The highest BCUT2D eigenvalue weighted by Crippen LogP contribution is 2.29. The minimum Gasteiger partial charge on any atom is -0.467 e. The monoisotopic (exact) mass is 343 g/mol. The SMILES string of the molecule is Cc1cc(C(=O)N2CCC(Oc3nc4ccccc4s3)CC2)no1. The number of fused-ring (bicyclic) bond motifs is 1. The van der Waals surface area contributed by atoms with Crippen LogP contribution in [-0.4, -0.2) is 40.1 Å². The van der Waals surface area contributed by atoms with Gasteiger partial charge in [-0.25, -0.2) is 4.98 Å². The van der Waals surface area contributed by atoms with E-state index in [0.717, 1.165) is 23.1 Å². The summed E-state index contributed by atoms with van der Waals surface area (Å²) in [6.07, 6.45) is 1.67. The molecule has 0 aliphatic carbocycles. The van der Waals surface area contributed by atoms with Crippen LogP contribution >= 0.6 is 11.3 Å². The second-order valence-corrected chi connectivity index (χ2v) is 6.87. The maximum Gasteiger partial charge on any atom is 0.276 e. The lowest BCUT2D eigenvalue weighted by atomic mass is 10.1. The summed E-state index contributed by atoms with van der Waals surface area (Å²) in [6, 6.07) is 9.68. The molecule has 6 nitrogen and oxygen atoms in total. The lowest BCUT2D eigenvalue weighted by Gasteiger charge is -2.31. The second-order valence-electron chi connectivity index (χ2n) is 5.88. The number of nitrogens with zero attached hydrogens (tertiary/aromatic N) is 3. The van der Waals surface area contributed by atoms with E-state index >= 15 is 0 Å². The Kier molecular flexibility index (Phi) is 3.93. The minimum atomic E-state index is -0.0784. The molecule has 0 radical (unpaired) electrons. The molecule has 1 fully saturated rings. The van der Waals surface area contributed by atoms with Gasteiger partial charge in [-0.1, -0.05) is 28.6 Å². The zero-order valence-electron chi connectivity index (χ0n) is 13.3. The van der Waals surface area contributed by atoms with Crippen LogP contribution in [0.25, 0.3) is 10.2 Å². The van der Waals surface area contributed by atoms with E-state index in [9.17, 15) is 4.79 Å². The molecule has 3 heterocycles. The van der Waals surface area contributed by atoms with E-state index in [4.69, 9.17) is 9.26 Å². The average Bonchev–Trinajstić information content (AvgIpc) is 3.20. The minimum absolute atomic E-state index is 0.0784. The van der Waals surface area contributed by atoms with E-state index in [1.807, 2.05) is 24.3 Å². The van der Waals surface area contributed by atoms with Crippen LogP contribution in [-0.2, 0) is 0 Å². The average molecular weight is 343 g/mol. The first kappa shape index (κ1) is 15.1. The molecule has 1 aliphatic heterocycles. The quantitative estimate of drug-likeness (QED) is 0.730. The Bertz CT molecular complexity index is 832. The molecule has 0 unspecified atom stereocenters. The third kappa shape index (κ3) is 2.99. The van der Waals surface area contributed by atoms with Gasteiger partial charge >= 0.3 is 0 Å². The number of carbonyl (C=O) groups excluding carboxylic acids is 1. The van der Waals surface area contributed by atoms with E-state index in [0.29, 0.717) is 29.7 Å². The fraction of sp³-hybridized carbons (Fsp3) is 0.353. The van der Waals surface area contributed by atoms with Gasteiger partial charge in [-0.15, -0.1) is 0 Å². The molecule has 0 bridgehead atoms. The van der Waals surface area contributed by atoms with Crippen LogP contribution in [0.3, 0.4) is 0 Å². The van der Waals surface area contributed by atoms with Crippen molar-refractivity contribution >= 4 is 27.5 Å². The summed E-state index contributed by atoms with van der Waals surface area (Å²) in [4.78, 5) is 18.7. The molecule has 0 N–H and O–H groups in total. The number of hydrogen-bond donors (Lipinski definition) is 0. The predicted octanol–water partition coefficient (Wildman–Crippen LogP) is 3.28. The maximum atomic E-state index is 12.3. The van der Waals surface area contributed by atoms with Crippen molar-refractivity contribution in [3.05, 3.63) is 41.8 Å². The van der Waals surface area contributed by atoms with Gasteiger partial charge in [0.15, 0.2) is 5.69 Å². The molecule has 0 saturated carbocycles. The number of hydrogen-bond acceptors (Lipinski definition) is 6. The molecule has 0 atom stereocenters. The summed E-state index contributed by atoms with van der Waals surface area (Å²) < 4.78 is 12.1. The zero-order valence-corrected chi connectivity index (χ0v) is 14.1. The summed E-state index contributed by atoms with van der Waals surface area (Å²) in [5, 5.41) is 4.50. The Morgan fingerprint density at radius 1 is 1.33 bits per heavy atom. The van der Waals surface area contributed by atoms with Crippen molar-refractivity contribution in [2.24, 2.45) is 0 Å². The number of thiazole rings is 1. The summed E-state index contributed by atoms with van der Waals surface area (Å²) in [5.41, 5.74) is 1.34. The molecule has 7 heteroatoms. The zero-order chi connectivity index (χ0) is 16.5. The van der Waals surface area contributed by atoms with Crippen LogP contribution in [0, 0.1) is 6.92 Å². The molecule has 124 valence electrons. The number of benzene rings is 1. The number of aryl methyl sites for hydroxylation is 1. The first-order valence-corrected chi connectivity index (χ1v) is 8.75. The number of aromatic nitrogens is 2. The van der Waals surface area contributed by atoms with Gasteiger partial charge in [0.25, 0.3) is 11.1 Å². The Morgan fingerprint density at radius 2 is 2.12 bits per heavy atom. The molecule has 1 amide bonds. The van der Waals surface area contributed by atoms with Crippen molar-refractivity contribution in [3.8, 4) is 5.19 Å². The van der Waals surface area contributed by atoms with Crippen molar-refractivity contribution in [2.75, 3.05) is 13.1 Å². The van der Waals surface area contributed by atoms with Crippen LogP contribution in [0.5, 0.6) is 5.19 Å². The highest BCUT2D eigenvalue weighted by Gasteiger charge is 2.26. The van der Waals surface area contributed by atoms with Gasteiger partial charge in [0, 0.05) is 32.0 Å². The summed E-state index contributed by atoms with van der Waals surface area (Å²) in [7, 11) is 0. The number of carbonyl (C=O) groups is 1. The van der Waals surface area contributed by atoms with Crippen molar-refractivity contribution in [2.45, 2.75) is 25.9 Å². The predicted molar refractivity (Wildman–Crippen MR) is 90.4 cm³/mol. The van der Waals surface area contributed by atoms with Crippen molar-refractivity contribution in [3.63, 3.8) is 0 Å². The van der Waals surface area contributed by atoms with Crippen molar-refractivity contribution in [1.82, 2.24) is 15.0 Å². The number of amides is 1. The Labute approximate surface area is 143 Å². The van der Waals surface area contributed by atoms with Crippen LogP contribution < -0.4 is 4.74 Å². The molecular formula is C17H17N3O3S. The molecule has 0 spiro atoms. The molecule has 1 saturated heterocycles. The Hall–Kier alpha value is -2.41. The van der Waals surface area contributed by atoms with E-state index in [-0.39, 0.29) is 12.0 Å². The fourth-order valence-corrected chi connectivity index (χ4v) is 3.73. The lowest BCUT2D eigenvalue weighted by molar-refractivity contribution is 0.0586. The van der Waals surface area contributed by atoms with E-state index in [1.165, 1.54) is 0 Å². The third-order valence-electron chi connectivity index (χ3n) is 4.12. The Balaban J connectivity index is 1.36. The summed E-state index contributed by atoms with van der Waals surface area (Å²) in [5.74, 6) is 0.567. The third-order valence-corrected chi connectivity index (χ3v) is 5.05. The molecule has 1 aliphatic rings. The molecule has 2 aromatic heterocycles. The summed E-state index contributed by atoms with van der Waals surface area (Å²) in [6.45, 7) is 3.09. The molecule has 4 rings (SSSR count). The van der Waals surface area contributed by atoms with Gasteiger partial charge in [0.1, 0.15) is 11.9 Å². The van der Waals surface area contributed by atoms with Gasteiger partial charge in [0.05, 0.1) is 10.2 Å². The number of piperidine rings is 1. The van der Waals surface area contributed by atoms with Gasteiger partial charge in [-0.3, -0.25) is 4.79 Å². The first-order valence-electron chi connectivity index (χ1n) is 7.94. The molecule has 24 heavy (non-hydrogen) atoms. The lowest BCUT2D eigenvalue weighted by Crippen LogP contribution is -2.41. The van der Waals surface area contributed by atoms with Gasteiger partial charge in [-0.05, 0) is 19.1 Å². The molecule has 3 aromatic rings. The number of rotatable bonds is 3. The maximum absolute atomic E-state index is 12.3. The Morgan fingerprint density at radius 3 is 2.83 bits per heavy atom. The fourth-order valence-electron chi connectivity index (χ4n) is 2.85. The van der Waals surface area contributed by atoms with Crippen LogP contribution in [0.1, 0.15) is 29.1 Å². The largest absolute Gasteiger partial charge is 0.467 e. The number of para-hydroxylation sites is 1. The normalized spacial score (nSPS) is 15.8. The van der Waals surface area contributed by atoms with Crippen LogP contribution in [0.2, 0.25) is 0 Å². The highest BCUT2D eigenvalue weighted by atomic mass is 32.1. The standard InChI is InChI=1S/C17H17N3O3S/c1-11-10-14(19-23-11)16(21)20-8-6-12(7-9-20)22-17-18-13-4-2-3-5-15(13)24-17/h2-5,10,12H,6-9H2,1H3. The first-order chi connectivity index (χ1) is 11.7. The van der Waals surface area contributed by atoms with Gasteiger partial charge < -0.3 is 14.2 Å². The van der Waals surface area contributed by atoms with Gasteiger partial charge in [0.2, 0.25) is 0 Å². The van der Waals surface area contributed by atoms with Crippen molar-refractivity contribution in [1.29, 1.82) is 0 Å². The topological polar surface area (TPSA) is 68.5 Å². The van der Waals surface area contributed by atoms with Crippen LogP contribution in [0.15, 0.2) is 34.9 Å². The number of ether oxygens (including phenoxy) is 1. The highest BCUT2D eigenvalue weighted by molar-refractivity contribution is 7.20. The molecular weight excluding hydrogens is 326 g/mol. The van der Waals surface area contributed by atoms with Crippen molar-refractivity contribution < 1.29 is 14.1 Å².